The van der Waals surface area contributed by atoms with Crippen molar-refractivity contribution in [2.75, 3.05) is 29.0 Å². The van der Waals surface area contributed by atoms with Crippen molar-refractivity contribution in [1.82, 2.24) is 0 Å². The maximum atomic E-state index is 11.5. The van der Waals surface area contributed by atoms with Crippen LogP contribution in [0.3, 0.4) is 0 Å². The first-order valence-corrected chi connectivity index (χ1v) is 7.32. The quantitative estimate of drug-likeness (QED) is 0.761. The average Bonchev–Trinajstić information content (AvgIpc) is 2.77. The summed E-state index contributed by atoms with van der Waals surface area (Å²) in [6, 6.07) is 4.05. The third-order valence-electron chi connectivity index (χ3n) is 4.53. The van der Waals surface area contributed by atoms with Gasteiger partial charge in [0, 0.05) is 25.2 Å². The Morgan fingerprint density at radius 1 is 1.20 bits per heavy atom. The normalized spacial score (nSPS) is 28.2. The Labute approximate surface area is 118 Å². The molecule has 4 rings (SSSR count). The van der Waals surface area contributed by atoms with Crippen LogP contribution in [-0.2, 0) is 16.0 Å². The number of nitrogens with zero attached hydrogens (tertiary/aromatic N) is 1. The van der Waals surface area contributed by atoms with Gasteiger partial charge in [0.2, 0.25) is 5.91 Å². The molecule has 20 heavy (non-hydrogen) atoms. The number of ether oxygens (including phenoxy) is 1. The zero-order chi connectivity index (χ0) is 13.7. The van der Waals surface area contributed by atoms with Gasteiger partial charge in [-0.3, -0.25) is 4.79 Å². The molecule has 1 aromatic carbocycles. The molecule has 2 fully saturated rings. The number of morpholine rings is 1. The number of rotatable bonds is 1. The standard InChI is InChI=1S/C15H19N3O2/c16-12-5-9-1-4-15(19)17-13(9)6-14(12)18-7-10-2-3-11(8-18)20-10/h5-6,10-11H,1-4,7-8,16H2,(H,17,19). The van der Waals surface area contributed by atoms with Gasteiger partial charge in [0.15, 0.2) is 0 Å². The number of hydrogen-bond acceptors (Lipinski definition) is 4. The minimum absolute atomic E-state index is 0.0928. The molecule has 2 bridgehead atoms. The molecule has 1 amide bonds. The van der Waals surface area contributed by atoms with E-state index in [4.69, 9.17) is 10.5 Å². The molecule has 0 saturated carbocycles. The van der Waals surface area contributed by atoms with Gasteiger partial charge in [-0.1, -0.05) is 0 Å². The Hall–Kier alpha value is -1.75. The number of amides is 1. The highest BCUT2D eigenvalue weighted by Crippen LogP contribution is 2.36. The van der Waals surface area contributed by atoms with Crippen molar-refractivity contribution < 1.29 is 9.53 Å². The molecule has 0 aliphatic carbocycles. The lowest BCUT2D eigenvalue weighted by Crippen LogP contribution is -2.43. The van der Waals surface area contributed by atoms with E-state index in [1.165, 1.54) is 0 Å². The van der Waals surface area contributed by atoms with Crippen LogP contribution >= 0.6 is 0 Å². The molecule has 3 N–H and O–H groups in total. The smallest absolute Gasteiger partial charge is 0.224 e. The van der Waals surface area contributed by atoms with Crippen molar-refractivity contribution in [3.05, 3.63) is 17.7 Å². The van der Waals surface area contributed by atoms with Crippen LogP contribution in [-0.4, -0.2) is 31.2 Å². The number of anilines is 3. The average molecular weight is 273 g/mol. The van der Waals surface area contributed by atoms with Crippen LogP contribution in [0, 0.1) is 0 Å². The Morgan fingerprint density at radius 2 is 1.95 bits per heavy atom. The van der Waals surface area contributed by atoms with Crippen LogP contribution in [0.2, 0.25) is 0 Å². The molecular weight excluding hydrogens is 254 g/mol. The van der Waals surface area contributed by atoms with Crippen molar-refractivity contribution in [2.24, 2.45) is 0 Å². The first-order valence-electron chi connectivity index (χ1n) is 7.32. The third-order valence-corrected chi connectivity index (χ3v) is 4.53. The van der Waals surface area contributed by atoms with E-state index in [0.29, 0.717) is 18.6 Å². The van der Waals surface area contributed by atoms with Gasteiger partial charge in [0.05, 0.1) is 23.6 Å². The second-order valence-corrected chi connectivity index (χ2v) is 5.98. The summed E-state index contributed by atoms with van der Waals surface area (Å²) in [5, 5.41) is 2.95. The maximum absolute atomic E-state index is 11.5. The second-order valence-electron chi connectivity index (χ2n) is 5.98. The summed E-state index contributed by atoms with van der Waals surface area (Å²) in [6.45, 7) is 1.79. The van der Waals surface area contributed by atoms with Crippen molar-refractivity contribution in [1.29, 1.82) is 0 Å². The number of carbonyl (C=O) groups is 1. The molecule has 0 spiro atoms. The van der Waals surface area contributed by atoms with Crippen LogP contribution in [0.1, 0.15) is 24.8 Å². The van der Waals surface area contributed by atoms with E-state index in [-0.39, 0.29) is 5.91 Å². The van der Waals surface area contributed by atoms with Crippen LogP contribution in [0.25, 0.3) is 0 Å². The topological polar surface area (TPSA) is 67.6 Å². The van der Waals surface area contributed by atoms with Crippen LogP contribution < -0.4 is 16.0 Å². The summed E-state index contributed by atoms with van der Waals surface area (Å²) in [7, 11) is 0. The Kier molecular flexibility index (Phi) is 2.63. The molecule has 3 heterocycles. The summed E-state index contributed by atoms with van der Waals surface area (Å²) in [6.07, 6.45) is 4.27. The van der Waals surface area contributed by atoms with E-state index in [0.717, 1.165) is 55.0 Å². The number of nitrogen functional groups attached to an aromatic ring is 1. The number of hydrogen-bond donors (Lipinski definition) is 2. The molecule has 3 aliphatic heterocycles. The SMILES string of the molecule is Nc1cc2c(cc1N1CC3CCC(C1)O3)NC(=O)CC2. The molecule has 5 heteroatoms. The van der Waals surface area contributed by atoms with Gasteiger partial charge < -0.3 is 20.7 Å². The summed E-state index contributed by atoms with van der Waals surface area (Å²) < 4.78 is 5.87. The van der Waals surface area contributed by atoms with Crippen molar-refractivity contribution in [3.63, 3.8) is 0 Å². The predicted molar refractivity (Wildman–Crippen MR) is 77.9 cm³/mol. The zero-order valence-electron chi connectivity index (χ0n) is 11.4. The van der Waals surface area contributed by atoms with Crippen LogP contribution in [0.4, 0.5) is 17.1 Å². The fourth-order valence-electron chi connectivity index (χ4n) is 3.52. The van der Waals surface area contributed by atoms with Gasteiger partial charge in [0.25, 0.3) is 0 Å². The summed E-state index contributed by atoms with van der Waals surface area (Å²) in [5.74, 6) is 0.0928. The number of nitrogens with one attached hydrogen (secondary N) is 1. The minimum atomic E-state index is 0.0928. The van der Waals surface area contributed by atoms with Crippen molar-refractivity contribution in [2.45, 2.75) is 37.9 Å². The van der Waals surface area contributed by atoms with E-state index in [1.807, 2.05) is 12.1 Å². The van der Waals surface area contributed by atoms with Crippen LogP contribution in [0.5, 0.6) is 0 Å². The molecule has 2 atom stereocenters. The molecule has 2 unspecified atom stereocenters. The van der Waals surface area contributed by atoms with Gasteiger partial charge in [-0.2, -0.15) is 0 Å². The second kappa shape index (κ2) is 4.38. The Morgan fingerprint density at radius 3 is 2.70 bits per heavy atom. The fraction of sp³-hybridized carbons (Fsp3) is 0.533. The number of aryl methyl sites for hydroxylation is 1. The van der Waals surface area contributed by atoms with Gasteiger partial charge in [-0.05, 0) is 37.0 Å². The molecule has 2 saturated heterocycles. The fourth-order valence-corrected chi connectivity index (χ4v) is 3.52. The van der Waals surface area contributed by atoms with Crippen molar-refractivity contribution in [3.8, 4) is 0 Å². The summed E-state index contributed by atoms with van der Waals surface area (Å²) in [4.78, 5) is 13.8. The monoisotopic (exact) mass is 273 g/mol. The third kappa shape index (κ3) is 1.93. The highest BCUT2D eigenvalue weighted by Gasteiger charge is 2.34. The van der Waals surface area contributed by atoms with Gasteiger partial charge in [-0.25, -0.2) is 0 Å². The van der Waals surface area contributed by atoms with Gasteiger partial charge in [0.1, 0.15) is 0 Å². The number of benzene rings is 1. The maximum Gasteiger partial charge on any atom is 0.224 e. The Balaban J connectivity index is 1.67. The van der Waals surface area contributed by atoms with E-state index < -0.39 is 0 Å². The highest BCUT2D eigenvalue weighted by atomic mass is 16.5. The highest BCUT2D eigenvalue weighted by molar-refractivity contribution is 5.95. The predicted octanol–water partition coefficient (Wildman–Crippen LogP) is 1.52. The zero-order valence-corrected chi connectivity index (χ0v) is 11.4. The number of fused-ring (bicyclic) bond motifs is 3. The van der Waals surface area contributed by atoms with E-state index in [2.05, 4.69) is 10.2 Å². The molecule has 106 valence electrons. The first kappa shape index (κ1) is 12.0. The molecule has 1 aromatic rings. The molecule has 0 aromatic heterocycles. The first-order chi connectivity index (χ1) is 9.69. The lowest BCUT2D eigenvalue weighted by Gasteiger charge is -2.35. The number of carbonyl (C=O) groups excluding carboxylic acids is 1. The van der Waals surface area contributed by atoms with Crippen LogP contribution in [0.15, 0.2) is 12.1 Å². The lowest BCUT2D eigenvalue weighted by atomic mass is 10.0. The molecule has 0 radical (unpaired) electrons. The summed E-state index contributed by atoms with van der Waals surface area (Å²) >= 11 is 0. The molecule has 3 aliphatic rings. The summed E-state index contributed by atoms with van der Waals surface area (Å²) in [5.41, 5.74) is 10.1. The Bertz CT molecular complexity index is 560. The van der Waals surface area contributed by atoms with Gasteiger partial charge in [-0.15, -0.1) is 0 Å². The minimum Gasteiger partial charge on any atom is -0.397 e. The van der Waals surface area contributed by atoms with E-state index >= 15 is 0 Å². The van der Waals surface area contributed by atoms with E-state index in [9.17, 15) is 4.79 Å². The van der Waals surface area contributed by atoms with Crippen molar-refractivity contribution >= 4 is 23.0 Å². The molecule has 5 nitrogen and oxygen atoms in total. The molecular formula is C15H19N3O2. The van der Waals surface area contributed by atoms with E-state index in [1.54, 1.807) is 0 Å². The number of nitrogens with two attached hydrogens (primary N) is 1. The largest absolute Gasteiger partial charge is 0.397 e. The lowest BCUT2D eigenvalue weighted by molar-refractivity contribution is -0.116. The van der Waals surface area contributed by atoms with Gasteiger partial charge >= 0.3 is 0 Å².